The van der Waals surface area contributed by atoms with Crippen LogP contribution in [-0.4, -0.2) is 22.1 Å². The van der Waals surface area contributed by atoms with Gasteiger partial charge in [0, 0.05) is 6.07 Å². The van der Waals surface area contributed by atoms with Gasteiger partial charge in [-0.25, -0.2) is 18.6 Å². The number of hydrogen-bond donors (Lipinski definition) is 0. The molecule has 1 atom stereocenters. The fourth-order valence-corrected chi connectivity index (χ4v) is 2.57. The van der Waals surface area contributed by atoms with Gasteiger partial charge in [-0.1, -0.05) is 12.1 Å². The topological polar surface area (TPSA) is 53.4 Å². The van der Waals surface area contributed by atoms with Crippen molar-refractivity contribution in [3.8, 4) is 5.75 Å². The minimum atomic E-state index is -2.88. The average molecular weight is 382 g/mol. The van der Waals surface area contributed by atoms with Crippen LogP contribution in [0.25, 0.3) is 11.0 Å². The molecule has 0 aliphatic heterocycles. The van der Waals surface area contributed by atoms with E-state index in [0.29, 0.717) is 16.2 Å². The molecule has 3 aromatic rings. The van der Waals surface area contributed by atoms with Crippen LogP contribution in [0.1, 0.15) is 25.4 Å². The van der Waals surface area contributed by atoms with Gasteiger partial charge in [0.1, 0.15) is 5.82 Å². The first-order valence-electron chi connectivity index (χ1n) is 7.89. The van der Waals surface area contributed by atoms with E-state index in [1.54, 1.807) is 18.2 Å². The second kappa shape index (κ2) is 7.65. The van der Waals surface area contributed by atoms with Crippen LogP contribution in [0.4, 0.5) is 17.6 Å². The van der Waals surface area contributed by atoms with E-state index in [2.05, 4.69) is 4.98 Å². The summed E-state index contributed by atoms with van der Waals surface area (Å²) in [5.74, 6) is -3.15. The molecule has 9 heteroatoms. The summed E-state index contributed by atoms with van der Waals surface area (Å²) in [7, 11) is 0. The highest BCUT2D eigenvalue weighted by Crippen LogP contribution is 2.28. The maximum Gasteiger partial charge on any atom is 0.344 e. The van der Waals surface area contributed by atoms with Gasteiger partial charge in [-0.3, -0.25) is 4.57 Å². The second-order valence-electron chi connectivity index (χ2n) is 5.60. The summed E-state index contributed by atoms with van der Waals surface area (Å²) in [6, 6.07) is 8.88. The molecule has 1 aromatic heterocycles. The van der Waals surface area contributed by atoms with E-state index in [0.717, 1.165) is 12.1 Å². The molecule has 142 valence electrons. The molecule has 0 saturated carbocycles. The summed E-state index contributed by atoms with van der Waals surface area (Å²) in [5, 5.41) is 0. The van der Waals surface area contributed by atoms with Gasteiger partial charge in [0.15, 0.2) is 30.1 Å². The standard InChI is InChI=1S/C18H14F4N2O3/c1-10(17-23-13-4-2-3-5-14(13)24(17)18(21)22)27-16(25)9-26-15-7-6-11(19)8-12(15)20/h2-8,10,18H,9H2,1H3. The Morgan fingerprint density at radius 2 is 1.93 bits per heavy atom. The molecular weight excluding hydrogens is 368 g/mol. The van der Waals surface area contributed by atoms with E-state index in [4.69, 9.17) is 9.47 Å². The molecule has 1 heterocycles. The van der Waals surface area contributed by atoms with Crippen molar-refractivity contribution in [3.63, 3.8) is 0 Å². The second-order valence-corrected chi connectivity index (χ2v) is 5.60. The number of imidazole rings is 1. The van der Waals surface area contributed by atoms with Gasteiger partial charge in [0.25, 0.3) is 0 Å². The van der Waals surface area contributed by atoms with Crippen LogP contribution < -0.4 is 4.74 Å². The summed E-state index contributed by atoms with van der Waals surface area (Å²) < 4.78 is 63.8. The van der Waals surface area contributed by atoms with Crippen molar-refractivity contribution < 1.29 is 31.8 Å². The zero-order chi connectivity index (χ0) is 19.6. The Kier molecular flexibility index (Phi) is 5.29. The number of para-hydroxylation sites is 2. The van der Waals surface area contributed by atoms with Gasteiger partial charge in [-0.15, -0.1) is 0 Å². The summed E-state index contributed by atoms with van der Waals surface area (Å²) in [5.41, 5.74) is 0.537. The molecule has 0 spiro atoms. The highest BCUT2D eigenvalue weighted by atomic mass is 19.3. The lowest BCUT2D eigenvalue weighted by molar-refractivity contribution is -0.151. The predicted molar refractivity (Wildman–Crippen MR) is 87.3 cm³/mol. The smallest absolute Gasteiger partial charge is 0.344 e. The molecule has 0 radical (unpaired) electrons. The quantitative estimate of drug-likeness (QED) is 0.469. The zero-order valence-electron chi connectivity index (χ0n) is 14.0. The normalized spacial score (nSPS) is 12.4. The third kappa shape index (κ3) is 4.02. The van der Waals surface area contributed by atoms with Gasteiger partial charge in [-0.05, 0) is 31.2 Å². The fraction of sp³-hybridized carbons (Fsp3) is 0.222. The lowest BCUT2D eigenvalue weighted by atomic mass is 10.3. The number of fused-ring (bicyclic) bond motifs is 1. The van der Waals surface area contributed by atoms with E-state index >= 15 is 0 Å². The monoisotopic (exact) mass is 382 g/mol. The summed E-state index contributed by atoms with van der Waals surface area (Å²) in [6.07, 6.45) is -1.10. The van der Waals surface area contributed by atoms with Crippen LogP contribution >= 0.6 is 0 Å². The summed E-state index contributed by atoms with van der Waals surface area (Å²) in [4.78, 5) is 16.0. The highest BCUT2D eigenvalue weighted by Gasteiger charge is 2.24. The van der Waals surface area contributed by atoms with E-state index in [9.17, 15) is 22.4 Å². The number of aromatic nitrogens is 2. The van der Waals surface area contributed by atoms with Crippen LogP contribution in [-0.2, 0) is 9.53 Å². The Balaban J connectivity index is 1.71. The Labute approximate surface area is 151 Å². The van der Waals surface area contributed by atoms with Crippen LogP contribution in [0.15, 0.2) is 42.5 Å². The third-order valence-electron chi connectivity index (χ3n) is 3.73. The molecule has 3 rings (SSSR count). The first kappa shape index (κ1) is 18.7. The summed E-state index contributed by atoms with van der Waals surface area (Å²) >= 11 is 0. The predicted octanol–water partition coefficient (Wildman–Crippen LogP) is 4.39. The summed E-state index contributed by atoms with van der Waals surface area (Å²) in [6.45, 7) is -2.17. The minimum Gasteiger partial charge on any atom is -0.479 e. The van der Waals surface area contributed by atoms with E-state index in [-0.39, 0.29) is 17.1 Å². The van der Waals surface area contributed by atoms with Gasteiger partial charge < -0.3 is 9.47 Å². The number of esters is 1. The molecule has 27 heavy (non-hydrogen) atoms. The van der Waals surface area contributed by atoms with Gasteiger partial charge in [0.2, 0.25) is 0 Å². The number of halogens is 4. The van der Waals surface area contributed by atoms with Crippen molar-refractivity contribution in [2.75, 3.05) is 6.61 Å². The van der Waals surface area contributed by atoms with Crippen molar-refractivity contribution in [1.29, 1.82) is 0 Å². The van der Waals surface area contributed by atoms with Crippen molar-refractivity contribution >= 4 is 17.0 Å². The largest absolute Gasteiger partial charge is 0.479 e. The number of hydrogen-bond acceptors (Lipinski definition) is 4. The maximum absolute atomic E-state index is 13.5. The Morgan fingerprint density at radius 3 is 2.63 bits per heavy atom. The lowest BCUT2D eigenvalue weighted by Crippen LogP contribution is -2.19. The van der Waals surface area contributed by atoms with Crippen molar-refractivity contribution in [2.24, 2.45) is 0 Å². The molecule has 0 fully saturated rings. The molecule has 0 N–H and O–H groups in total. The molecule has 2 aromatic carbocycles. The third-order valence-corrected chi connectivity index (χ3v) is 3.73. The van der Waals surface area contributed by atoms with Crippen LogP contribution in [0, 0.1) is 11.6 Å². The fourth-order valence-electron chi connectivity index (χ4n) is 2.57. The molecule has 5 nitrogen and oxygen atoms in total. The number of ether oxygens (including phenoxy) is 2. The number of carbonyl (C=O) groups excluding carboxylic acids is 1. The molecule has 0 bridgehead atoms. The number of carbonyl (C=O) groups is 1. The molecule has 0 saturated heterocycles. The highest BCUT2D eigenvalue weighted by molar-refractivity contribution is 5.76. The Morgan fingerprint density at radius 1 is 1.19 bits per heavy atom. The van der Waals surface area contributed by atoms with E-state index in [1.165, 1.54) is 13.0 Å². The first-order chi connectivity index (χ1) is 12.9. The van der Waals surface area contributed by atoms with Gasteiger partial charge in [0.05, 0.1) is 11.0 Å². The van der Waals surface area contributed by atoms with Gasteiger partial charge >= 0.3 is 12.5 Å². The zero-order valence-corrected chi connectivity index (χ0v) is 14.0. The molecule has 0 aliphatic rings. The van der Waals surface area contributed by atoms with E-state index in [1.807, 2.05) is 0 Å². The lowest BCUT2D eigenvalue weighted by Gasteiger charge is -2.15. The molecule has 0 amide bonds. The van der Waals surface area contributed by atoms with Gasteiger partial charge in [-0.2, -0.15) is 8.78 Å². The van der Waals surface area contributed by atoms with E-state index < -0.39 is 36.9 Å². The maximum atomic E-state index is 13.5. The number of rotatable bonds is 6. The van der Waals surface area contributed by atoms with Crippen LogP contribution in [0.3, 0.4) is 0 Å². The number of alkyl halides is 2. The van der Waals surface area contributed by atoms with Crippen LogP contribution in [0.2, 0.25) is 0 Å². The van der Waals surface area contributed by atoms with Crippen molar-refractivity contribution in [1.82, 2.24) is 9.55 Å². The number of benzene rings is 2. The Bertz CT molecular complexity index is 974. The number of nitrogens with zero attached hydrogens (tertiary/aromatic N) is 2. The SMILES string of the molecule is CC(OC(=O)COc1ccc(F)cc1F)c1nc2ccccc2n1C(F)F. The van der Waals surface area contributed by atoms with Crippen molar-refractivity contribution in [2.45, 2.75) is 19.6 Å². The molecule has 1 unspecified atom stereocenters. The van der Waals surface area contributed by atoms with Crippen LogP contribution in [0.5, 0.6) is 5.75 Å². The minimum absolute atomic E-state index is 0.132. The average Bonchev–Trinajstić information content (AvgIpc) is 3.01. The Hall–Kier alpha value is -3.10. The van der Waals surface area contributed by atoms with Crippen molar-refractivity contribution in [3.05, 3.63) is 59.9 Å². The molecule has 0 aliphatic carbocycles. The molecular formula is C18H14F4N2O3. The first-order valence-corrected chi connectivity index (χ1v) is 7.89.